The van der Waals surface area contributed by atoms with E-state index in [2.05, 4.69) is 10.6 Å². The topological polar surface area (TPSA) is 84.2 Å². The van der Waals surface area contributed by atoms with E-state index in [9.17, 15) is 9.59 Å². The predicted molar refractivity (Wildman–Crippen MR) is 72.2 cm³/mol. The molecule has 102 valence electrons. The number of benzene rings is 1. The van der Waals surface area contributed by atoms with Crippen LogP contribution in [0, 0.1) is 0 Å². The zero-order valence-electron chi connectivity index (χ0n) is 10.8. The van der Waals surface area contributed by atoms with Crippen LogP contribution in [-0.2, 0) is 9.59 Å². The molecule has 0 bridgehead atoms. The zero-order chi connectivity index (χ0) is 13.7. The lowest BCUT2D eigenvalue weighted by Gasteiger charge is -2.24. The molecule has 19 heavy (non-hydrogen) atoms. The highest BCUT2D eigenvalue weighted by Crippen LogP contribution is 2.13. The van der Waals surface area contributed by atoms with Crippen LogP contribution < -0.4 is 16.4 Å². The summed E-state index contributed by atoms with van der Waals surface area (Å²) in [6.45, 7) is 0.505. The molecule has 1 saturated heterocycles. The van der Waals surface area contributed by atoms with Gasteiger partial charge in [-0.25, -0.2) is 0 Å². The summed E-state index contributed by atoms with van der Waals surface area (Å²) >= 11 is 0. The van der Waals surface area contributed by atoms with Crippen molar-refractivity contribution >= 4 is 11.8 Å². The van der Waals surface area contributed by atoms with Crippen LogP contribution in [0.25, 0.3) is 0 Å². The first-order chi connectivity index (χ1) is 9.15. The zero-order valence-corrected chi connectivity index (χ0v) is 10.8. The van der Waals surface area contributed by atoms with E-state index in [0.29, 0.717) is 19.4 Å². The minimum atomic E-state index is -0.292. The Morgan fingerprint density at radius 3 is 2.79 bits per heavy atom. The quantitative estimate of drug-likeness (QED) is 0.736. The summed E-state index contributed by atoms with van der Waals surface area (Å²) in [5.74, 6) is -0.0241. The highest BCUT2D eigenvalue weighted by molar-refractivity contribution is 5.79. The first kappa shape index (κ1) is 13.5. The largest absolute Gasteiger partial charge is 0.354 e. The molecule has 0 saturated carbocycles. The Morgan fingerprint density at radius 1 is 1.42 bits per heavy atom. The molecule has 2 rings (SSSR count). The number of carbonyl (C=O) groups excluding carboxylic acids is 2. The normalized spacial score (nSPS) is 20.5. The van der Waals surface area contributed by atoms with Gasteiger partial charge in [0.2, 0.25) is 11.8 Å². The van der Waals surface area contributed by atoms with E-state index < -0.39 is 0 Å². The average Bonchev–Trinajstić information content (AvgIpc) is 2.42. The van der Waals surface area contributed by atoms with E-state index in [1.165, 1.54) is 0 Å². The van der Waals surface area contributed by atoms with E-state index in [0.717, 1.165) is 5.56 Å². The van der Waals surface area contributed by atoms with Gasteiger partial charge in [-0.15, -0.1) is 0 Å². The van der Waals surface area contributed by atoms with E-state index in [1.54, 1.807) is 0 Å². The summed E-state index contributed by atoms with van der Waals surface area (Å²) in [7, 11) is 0. The Hall–Kier alpha value is -1.88. The van der Waals surface area contributed by atoms with Gasteiger partial charge in [0.25, 0.3) is 0 Å². The Kier molecular flexibility index (Phi) is 4.52. The summed E-state index contributed by atoms with van der Waals surface area (Å²) in [5, 5.41) is 5.64. The highest BCUT2D eigenvalue weighted by atomic mass is 16.2. The number of piperidine rings is 1. The molecule has 1 aromatic carbocycles. The van der Waals surface area contributed by atoms with Crippen LogP contribution in [0.1, 0.15) is 30.9 Å². The first-order valence-electron chi connectivity index (χ1n) is 6.52. The maximum absolute atomic E-state index is 11.9. The third-order valence-electron chi connectivity index (χ3n) is 3.26. The Morgan fingerprint density at radius 2 is 2.16 bits per heavy atom. The molecule has 1 heterocycles. The van der Waals surface area contributed by atoms with Gasteiger partial charge >= 0.3 is 0 Å². The molecule has 1 aliphatic rings. The fourth-order valence-corrected chi connectivity index (χ4v) is 2.16. The molecule has 5 heteroatoms. The Balaban J connectivity index is 1.79. The minimum Gasteiger partial charge on any atom is -0.354 e. The lowest BCUT2D eigenvalue weighted by atomic mass is 10.0. The van der Waals surface area contributed by atoms with E-state index >= 15 is 0 Å². The van der Waals surface area contributed by atoms with Crippen molar-refractivity contribution in [2.75, 3.05) is 6.54 Å². The summed E-state index contributed by atoms with van der Waals surface area (Å²) in [6.07, 6.45) is 1.42. The Bertz CT molecular complexity index is 437. The molecule has 0 aliphatic carbocycles. The molecular weight excluding hydrogens is 242 g/mol. The summed E-state index contributed by atoms with van der Waals surface area (Å²) in [4.78, 5) is 22.9. The fourth-order valence-electron chi connectivity index (χ4n) is 2.16. The molecule has 1 aliphatic heterocycles. The number of hydrogen-bond acceptors (Lipinski definition) is 3. The molecule has 0 radical (unpaired) electrons. The van der Waals surface area contributed by atoms with Gasteiger partial charge in [0.15, 0.2) is 0 Å². The van der Waals surface area contributed by atoms with Gasteiger partial charge in [0.1, 0.15) is 0 Å². The summed E-state index contributed by atoms with van der Waals surface area (Å²) in [5.41, 5.74) is 6.95. The number of nitrogens with two attached hydrogens (primary N) is 1. The number of nitrogens with one attached hydrogen (secondary N) is 2. The van der Waals surface area contributed by atoms with Crippen LogP contribution in [0.2, 0.25) is 0 Å². The highest BCUT2D eigenvalue weighted by Gasteiger charge is 2.20. The SMILES string of the molecule is NC(CC(=O)NC1CCC(=O)NC1)c1ccccc1. The second-order valence-electron chi connectivity index (χ2n) is 4.83. The smallest absolute Gasteiger partial charge is 0.222 e. The minimum absolute atomic E-state index is 0.0215. The maximum atomic E-state index is 11.9. The molecule has 0 aromatic heterocycles. The van der Waals surface area contributed by atoms with Crippen LogP contribution in [0.15, 0.2) is 30.3 Å². The Labute approximate surface area is 112 Å². The number of hydrogen-bond donors (Lipinski definition) is 3. The van der Waals surface area contributed by atoms with Gasteiger partial charge in [0, 0.05) is 31.5 Å². The van der Waals surface area contributed by atoms with Crippen molar-refractivity contribution in [2.24, 2.45) is 5.73 Å². The number of carbonyl (C=O) groups is 2. The van der Waals surface area contributed by atoms with E-state index in [4.69, 9.17) is 5.73 Å². The molecule has 2 amide bonds. The van der Waals surface area contributed by atoms with Crippen molar-refractivity contribution in [3.05, 3.63) is 35.9 Å². The van der Waals surface area contributed by atoms with E-state index in [-0.39, 0.29) is 30.3 Å². The molecular formula is C14H19N3O2. The van der Waals surface area contributed by atoms with Gasteiger partial charge in [0.05, 0.1) is 0 Å². The monoisotopic (exact) mass is 261 g/mol. The standard InChI is InChI=1S/C14H19N3O2/c15-12(10-4-2-1-3-5-10)8-14(19)17-11-6-7-13(18)16-9-11/h1-5,11-12H,6-9,15H2,(H,16,18)(H,17,19). The van der Waals surface area contributed by atoms with Gasteiger partial charge in [-0.1, -0.05) is 30.3 Å². The third-order valence-corrected chi connectivity index (χ3v) is 3.26. The van der Waals surface area contributed by atoms with Crippen LogP contribution in [0.4, 0.5) is 0 Å². The second kappa shape index (κ2) is 6.33. The number of rotatable bonds is 4. The van der Waals surface area contributed by atoms with Gasteiger partial charge in [-0.05, 0) is 12.0 Å². The average molecular weight is 261 g/mol. The molecule has 2 atom stereocenters. The molecule has 5 nitrogen and oxygen atoms in total. The van der Waals surface area contributed by atoms with Crippen molar-refractivity contribution in [3.8, 4) is 0 Å². The molecule has 4 N–H and O–H groups in total. The van der Waals surface area contributed by atoms with Crippen LogP contribution in [0.3, 0.4) is 0 Å². The van der Waals surface area contributed by atoms with Crippen molar-refractivity contribution < 1.29 is 9.59 Å². The van der Waals surface area contributed by atoms with Crippen molar-refractivity contribution in [2.45, 2.75) is 31.3 Å². The summed E-state index contributed by atoms with van der Waals surface area (Å²) in [6, 6.07) is 9.29. The maximum Gasteiger partial charge on any atom is 0.222 e. The van der Waals surface area contributed by atoms with Crippen LogP contribution in [0.5, 0.6) is 0 Å². The second-order valence-corrected chi connectivity index (χ2v) is 4.83. The third kappa shape index (κ3) is 4.06. The lowest BCUT2D eigenvalue weighted by Crippen LogP contribution is -2.48. The summed E-state index contributed by atoms with van der Waals surface area (Å²) < 4.78 is 0. The number of amides is 2. The van der Waals surface area contributed by atoms with Gasteiger partial charge in [-0.3, -0.25) is 9.59 Å². The molecule has 2 unspecified atom stereocenters. The predicted octanol–water partition coefficient (Wildman–Crippen LogP) is 0.471. The van der Waals surface area contributed by atoms with E-state index in [1.807, 2.05) is 30.3 Å². The lowest BCUT2D eigenvalue weighted by molar-refractivity contribution is -0.125. The molecule has 0 spiro atoms. The molecule has 1 aromatic rings. The van der Waals surface area contributed by atoms with Crippen molar-refractivity contribution in [3.63, 3.8) is 0 Å². The van der Waals surface area contributed by atoms with Crippen LogP contribution >= 0.6 is 0 Å². The fraction of sp³-hybridized carbons (Fsp3) is 0.429. The molecule has 1 fully saturated rings. The van der Waals surface area contributed by atoms with Gasteiger partial charge < -0.3 is 16.4 Å². The van der Waals surface area contributed by atoms with Crippen LogP contribution in [-0.4, -0.2) is 24.4 Å². The van der Waals surface area contributed by atoms with Crippen molar-refractivity contribution in [1.29, 1.82) is 0 Å². The van der Waals surface area contributed by atoms with Gasteiger partial charge in [-0.2, -0.15) is 0 Å². The van der Waals surface area contributed by atoms with Crippen molar-refractivity contribution in [1.82, 2.24) is 10.6 Å². The first-order valence-corrected chi connectivity index (χ1v) is 6.52.